The molecule has 0 atom stereocenters. The van der Waals surface area contributed by atoms with Gasteiger partial charge in [0.25, 0.3) is 0 Å². The largest absolute Gasteiger partial charge is 0.443 e. The molecule has 102 valence electrons. The predicted molar refractivity (Wildman–Crippen MR) is 81.0 cm³/mol. The maximum atomic E-state index is 12.2. The van der Waals surface area contributed by atoms with Crippen molar-refractivity contribution in [1.29, 1.82) is 0 Å². The quantitative estimate of drug-likeness (QED) is 0.662. The number of carbonyl (C=O) groups excluding carboxylic acids is 1. The molecule has 2 aromatic rings. The Balaban J connectivity index is 2.58. The Morgan fingerprint density at radius 2 is 2.05 bits per heavy atom. The highest BCUT2D eigenvalue weighted by Crippen LogP contribution is 2.34. The van der Waals surface area contributed by atoms with Crippen LogP contribution in [-0.2, 0) is 4.74 Å². The van der Waals surface area contributed by atoms with Crippen LogP contribution in [0, 0.1) is 6.92 Å². The molecule has 0 aliphatic heterocycles. The molecule has 1 aromatic heterocycles. The fourth-order valence-corrected chi connectivity index (χ4v) is 2.63. The number of aromatic nitrogens is 1. The number of carbonyl (C=O) groups is 1. The van der Waals surface area contributed by atoms with E-state index in [4.69, 9.17) is 16.3 Å². The molecule has 1 heterocycles. The van der Waals surface area contributed by atoms with Crippen LogP contribution in [0.2, 0.25) is 5.02 Å². The first-order valence-electron chi connectivity index (χ1n) is 5.90. The molecule has 1 aromatic carbocycles. The molecule has 0 saturated carbocycles. The molecule has 0 N–H and O–H groups in total. The van der Waals surface area contributed by atoms with Crippen molar-refractivity contribution in [2.24, 2.45) is 0 Å². The first kappa shape index (κ1) is 14.4. The zero-order chi connectivity index (χ0) is 14.4. The SMILES string of the molecule is Cc1cc(Cl)c(Br)c2ccn(C(=O)OC(C)(C)C)c12. The Morgan fingerprint density at radius 1 is 1.42 bits per heavy atom. The molecule has 0 aliphatic rings. The molecule has 0 fully saturated rings. The van der Waals surface area contributed by atoms with Crippen molar-refractivity contribution < 1.29 is 9.53 Å². The monoisotopic (exact) mass is 343 g/mol. The first-order chi connectivity index (χ1) is 8.70. The third kappa shape index (κ3) is 2.79. The lowest BCUT2D eigenvalue weighted by molar-refractivity contribution is 0.0544. The summed E-state index contributed by atoms with van der Waals surface area (Å²) in [6.45, 7) is 7.45. The van der Waals surface area contributed by atoms with Crippen LogP contribution in [0.3, 0.4) is 0 Å². The van der Waals surface area contributed by atoms with Gasteiger partial charge in [0, 0.05) is 16.1 Å². The van der Waals surface area contributed by atoms with Crippen molar-refractivity contribution >= 4 is 44.5 Å². The molecule has 0 spiro atoms. The molecule has 19 heavy (non-hydrogen) atoms. The van der Waals surface area contributed by atoms with Gasteiger partial charge in [0.05, 0.1) is 10.5 Å². The Bertz CT molecular complexity index is 655. The van der Waals surface area contributed by atoms with Crippen LogP contribution in [0.15, 0.2) is 22.8 Å². The van der Waals surface area contributed by atoms with Gasteiger partial charge in [0.2, 0.25) is 0 Å². The summed E-state index contributed by atoms with van der Waals surface area (Å²) in [6.07, 6.45) is 1.31. The fourth-order valence-electron chi connectivity index (χ4n) is 1.93. The molecule has 2 rings (SSSR count). The number of hydrogen-bond donors (Lipinski definition) is 0. The highest BCUT2D eigenvalue weighted by molar-refractivity contribution is 9.10. The number of benzene rings is 1. The van der Waals surface area contributed by atoms with E-state index in [1.807, 2.05) is 39.8 Å². The van der Waals surface area contributed by atoms with Gasteiger partial charge >= 0.3 is 6.09 Å². The van der Waals surface area contributed by atoms with Crippen molar-refractivity contribution in [3.63, 3.8) is 0 Å². The lowest BCUT2D eigenvalue weighted by Crippen LogP contribution is -2.26. The zero-order valence-electron chi connectivity index (χ0n) is 11.3. The second-order valence-corrected chi connectivity index (χ2v) is 6.62. The third-order valence-corrected chi connectivity index (χ3v) is 4.02. The molecular formula is C14H15BrClNO2. The summed E-state index contributed by atoms with van der Waals surface area (Å²) in [7, 11) is 0. The van der Waals surface area contributed by atoms with E-state index in [1.54, 1.807) is 6.20 Å². The molecule has 0 amide bonds. The first-order valence-corrected chi connectivity index (χ1v) is 7.07. The predicted octanol–water partition coefficient (Wildman–Crippen LogP) is 5.15. The van der Waals surface area contributed by atoms with E-state index < -0.39 is 5.60 Å². The summed E-state index contributed by atoms with van der Waals surface area (Å²) in [4.78, 5) is 12.2. The second kappa shape index (κ2) is 4.84. The van der Waals surface area contributed by atoms with Crippen molar-refractivity contribution in [3.8, 4) is 0 Å². The second-order valence-electron chi connectivity index (χ2n) is 5.42. The van der Waals surface area contributed by atoms with Gasteiger partial charge in [-0.15, -0.1) is 0 Å². The maximum Gasteiger partial charge on any atom is 0.419 e. The van der Waals surface area contributed by atoms with E-state index in [0.29, 0.717) is 5.02 Å². The van der Waals surface area contributed by atoms with Crippen LogP contribution in [0.4, 0.5) is 4.79 Å². The van der Waals surface area contributed by atoms with Gasteiger partial charge in [-0.05, 0) is 61.3 Å². The standard InChI is InChI=1S/C14H15BrClNO2/c1-8-7-10(16)11(15)9-5-6-17(12(8)9)13(18)19-14(2,3)4/h5-7H,1-4H3. The number of fused-ring (bicyclic) bond motifs is 1. The third-order valence-electron chi connectivity index (χ3n) is 2.64. The minimum Gasteiger partial charge on any atom is -0.443 e. The minimum atomic E-state index is -0.523. The van der Waals surface area contributed by atoms with E-state index >= 15 is 0 Å². The highest BCUT2D eigenvalue weighted by Gasteiger charge is 2.20. The number of halogens is 2. The average Bonchev–Trinajstić information content (AvgIpc) is 2.68. The van der Waals surface area contributed by atoms with Crippen LogP contribution in [0.1, 0.15) is 26.3 Å². The number of rotatable bonds is 0. The Labute approximate surface area is 125 Å². The van der Waals surface area contributed by atoms with Crippen molar-refractivity contribution in [2.75, 3.05) is 0 Å². The highest BCUT2D eigenvalue weighted by atomic mass is 79.9. The van der Waals surface area contributed by atoms with Crippen LogP contribution in [-0.4, -0.2) is 16.3 Å². The van der Waals surface area contributed by atoms with Gasteiger partial charge in [-0.1, -0.05) is 11.6 Å². The van der Waals surface area contributed by atoms with Gasteiger partial charge in [-0.3, -0.25) is 4.57 Å². The fraction of sp³-hybridized carbons (Fsp3) is 0.357. The van der Waals surface area contributed by atoms with Gasteiger partial charge in [-0.2, -0.15) is 0 Å². The molecule has 0 bridgehead atoms. The summed E-state index contributed by atoms with van der Waals surface area (Å²) in [5.41, 5.74) is 1.22. The van der Waals surface area contributed by atoms with Gasteiger partial charge in [0.1, 0.15) is 5.60 Å². The van der Waals surface area contributed by atoms with E-state index in [1.165, 1.54) is 4.57 Å². The lowest BCUT2D eigenvalue weighted by atomic mass is 10.1. The Kier molecular flexibility index (Phi) is 3.67. The molecule has 3 nitrogen and oxygen atoms in total. The number of nitrogens with zero attached hydrogens (tertiary/aromatic N) is 1. The zero-order valence-corrected chi connectivity index (χ0v) is 13.6. The van der Waals surface area contributed by atoms with Crippen molar-refractivity contribution in [2.45, 2.75) is 33.3 Å². The molecular weight excluding hydrogens is 330 g/mol. The van der Waals surface area contributed by atoms with E-state index in [-0.39, 0.29) is 6.09 Å². The van der Waals surface area contributed by atoms with E-state index in [2.05, 4.69) is 15.9 Å². The molecule has 5 heteroatoms. The number of aryl methyl sites for hydroxylation is 1. The van der Waals surface area contributed by atoms with Gasteiger partial charge < -0.3 is 4.74 Å². The van der Waals surface area contributed by atoms with Crippen LogP contribution in [0.25, 0.3) is 10.9 Å². The Morgan fingerprint density at radius 3 is 2.63 bits per heavy atom. The summed E-state index contributed by atoms with van der Waals surface area (Å²) < 4.78 is 7.69. The topological polar surface area (TPSA) is 31.2 Å². The summed E-state index contributed by atoms with van der Waals surface area (Å²) in [6, 6.07) is 3.68. The van der Waals surface area contributed by atoms with Crippen LogP contribution < -0.4 is 0 Å². The smallest absolute Gasteiger partial charge is 0.419 e. The van der Waals surface area contributed by atoms with Crippen molar-refractivity contribution in [3.05, 3.63) is 33.4 Å². The number of hydrogen-bond acceptors (Lipinski definition) is 2. The molecule has 0 radical (unpaired) electrons. The molecule has 0 aliphatic carbocycles. The summed E-state index contributed by atoms with van der Waals surface area (Å²) >= 11 is 9.56. The maximum absolute atomic E-state index is 12.2. The summed E-state index contributed by atoms with van der Waals surface area (Å²) in [5.74, 6) is 0. The van der Waals surface area contributed by atoms with Gasteiger partial charge in [-0.25, -0.2) is 4.79 Å². The van der Waals surface area contributed by atoms with Crippen molar-refractivity contribution in [1.82, 2.24) is 4.57 Å². The average molecular weight is 345 g/mol. The van der Waals surface area contributed by atoms with Crippen LogP contribution in [0.5, 0.6) is 0 Å². The summed E-state index contributed by atoms with van der Waals surface area (Å²) in [5, 5.41) is 1.53. The molecule has 0 saturated heterocycles. The number of ether oxygens (including phenoxy) is 1. The molecule has 0 unspecified atom stereocenters. The Hall–Kier alpha value is -1.00. The van der Waals surface area contributed by atoms with Crippen LogP contribution >= 0.6 is 27.5 Å². The minimum absolute atomic E-state index is 0.389. The normalized spacial score (nSPS) is 11.9. The van der Waals surface area contributed by atoms with Gasteiger partial charge in [0.15, 0.2) is 0 Å². The van der Waals surface area contributed by atoms with E-state index in [0.717, 1.165) is 20.9 Å². The van der Waals surface area contributed by atoms with E-state index in [9.17, 15) is 4.79 Å². The lowest BCUT2D eigenvalue weighted by Gasteiger charge is -2.20.